The minimum atomic E-state index is -3.11. The van der Waals surface area contributed by atoms with Gasteiger partial charge in [-0.15, -0.1) is 0 Å². The summed E-state index contributed by atoms with van der Waals surface area (Å²) in [4.78, 5) is 2.52. The van der Waals surface area contributed by atoms with E-state index in [4.69, 9.17) is 0 Å². The van der Waals surface area contributed by atoms with Gasteiger partial charge in [0.15, 0.2) is 0 Å². The van der Waals surface area contributed by atoms with Gasteiger partial charge >= 0.3 is 292 Å². The van der Waals surface area contributed by atoms with Gasteiger partial charge in [0.25, 0.3) is 0 Å². The Labute approximate surface area is 289 Å². The summed E-state index contributed by atoms with van der Waals surface area (Å²) in [5.74, 6) is 0. The first-order valence-corrected chi connectivity index (χ1v) is 29.2. The zero-order chi connectivity index (χ0) is 30.7. The molecule has 224 valence electrons. The van der Waals surface area contributed by atoms with Crippen LogP contribution in [0.5, 0.6) is 0 Å². The van der Waals surface area contributed by atoms with Gasteiger partial charge in [-0.25, -0.2) is 0 Å². The summed E-state index contributed by atoms with van der Waals surface area (Å²) in [6.45, 7) is 0. The van der Waals surface area contributed by atoms with E-state index in [0.29, 0.717) is 0 Å². The number of rotatable bonds is 13. The molecule has 0 spiro atoms. The average molecular weight is 809 g/mol. The Balaban J connectivity index is 1.59. The van der Waals surface area contributed by atoms with Gasteiger partial charge in [0, 0.05) is 0 Å². The van der Waals surface area contributed by atoms with E-state index in [2.05, 4.69) is 170 Å². The number of hydrogen-bond donors (Lipinski definition) is 0. The third kappa shape index (κ3) is 8.74. The summed E-state index contributed by atoms with van der Waals surface area (Å²) in [6.07, 6.45) is -1.43. The van der Waals surface area contributed by atoms with Crippen LogP contribution < -0.4 is 19.5 Å². The number of hydrogen-bond acceptors (Lipinski definition) is 3. The SMILES string of the molecule is O=P(c1ccccc1)(c1ccccc1)C([PH+](Sc1ccccc1)Sc1ccccc1)[PH+]([Se]c1ccccc1)[Se]c1ccccc1. The summed E-state index contributed by atoms with van der Waals surface area (Å²) in [6, 6.07) is 64.5. The molecule has 0 radical (unpaired) electrons. The van der Waals surface area contributed by atoms with E-state index in [1.807, 2.05) is 34.9 Å². The van der Waals surface area contributed by atoms with Crippen LogP contribution in [0.2, 0.25) is 0 Å². The van der Waals surface area contributed by atoms with Gasteiger partial charge in [-0.2, -0.15) is 0 Å². The van der Waals surface area contributed by atoms with Gasteiger partial charge in [-0.05, 0) is 0 Å². The van der Waals surface area contributed by atoms with Crippen molar-refractivity contribution in [2.24, 2.45) is 0 Å². The van der Waals surface area contributed by atoms with Gasteiger partial charge in [0.2, 0.25) is 0 Å². The first-order chi connectivity index (χ1) is 22.2. The summed E-state index contributed by atoms with van der Waals surface area (Å²) in [7, 11) is -3.11. The Morgan fingerprint density at radius 2 is 0.756 bits per heavy atom. The van der Waals surface area contributed by atoms with Crippen molar-refractivity contribution in [1.29, 1.82) is 0 Å². The summed E-state index contributed by atoms with van der Waals surface area (Å²) >= 11 is 4.40. The van der Waals surface area contributed by atoms with Crippen LogP contribution in [0.25, 0.3) is 0 Å². The maximum atomic E-state index is 16.6. The molecule has 0 N–H and O–H groups in total. The van der Waals surface area contributed by atoms with Gasteiger partial charge in [-0.3, -0.25) is 0 Å². The van der Waals surface area contributed by atoms with Crippen LogP contribution >= 0.6 is 41.5 Å². The summed E-state index contributed by atoms with van der Waals surface area (Å²) < 4.78 is 19.4. The molecule has 8 heteroatoms. The monoisotopic (exact) mass is 810 g/mol. The van der Waals surface area contributed by atoms with E-state index in [1.54, 1.807) is 0 Å². The zero-order valence-corrected chi connectivity index (χ0v) is 32.3. The van der Waals surface area contributed by atoms with Crippen LogP contribution in [0, 0.1) is 0 Å². The molecule has 6 aromatic rings. The van der Waals surface area contributed by atoms with Crippen LogP contribution in [0.1, 0.15) is 0 Å². The third-order valence-corrected chi connectivity index (χ3v) is 46.5. The fourth-order valence-electron chi connectivity index (χ4n) is 4.82. The summed E-state index contributed by atoms with van der Waals surface area (Å²) in [5, 5.41) is 0.828. The molecule has 0 bridgehead atoms. The van der Waals surface area contributed by atoms with Crippen molar-refractivity contribution in [1.82, 2.24) is 0 Å². The second-order valence-corrected chi connectivity index (χ2v) is 37.3. The third-order valence-electron chi connectivity index (χ3n) is 6.94. The molecular weight excluding hydrogens is 775 g/mol. The molecule has 0 saturated heterocycles. The Morgan fingerprint density at radius 1 is 0.444 bits per heavy atom. The van der Waals surface area contributed by atoms with E-state index >= 15 is 4.57 Å². The quantitative estimate of drug-likeness (QED) is 0.0858. The first-order valence-electron chi connectivity index (χ1n) is 14.6. The van der Waals surface area contributed by atoms with Crippen molar-refractivity contribution in [2.45, 2.75) is 14.9 Å². The zero-order valence-electron chi connectivity index (χ0n) is 24.4. The van der Waals surface area contributed by atoms with Crippen molar-refractivity contribution in [3.8, 4) is 0 Å². The molecule has 0 heterocycles. The molecule has 6 aromatic carbocycles. The molecule has 0 saturated carbocycles. The van der Waals surface area contributed by atoms with Crippen molar-refractivity contribution in [2.75, 3.05) is 0 Å². The fraction of sp³-hybridized carbons (Fsp3) is 0.0270. The molecule has 1 atom stereocenters. The van der Waals surface area contributed by atoms with Crippen molar-refractivity contribution in [3.63, 3.8) is 0 Å². The molecule has 0 aliphatic rings. The Kier molecular flexibility index (Phi) is 12.4. The summed E-state index contributed by atoms with van der Waals surface area (Å²) in [5.41, 5.74) is 0. The van der Waals surface area contributed by atoms with Gasteiger partial charge < -0.3 is 0 Å². The van der Waals surface area contributed by atoms with Gasteiger partial charge in [0.1, 0.15) is 0 Å². The Hall–Kier alpha value is -1.85. The van der Waals surface area contributed by atoms with E-state index in [9.17, 15) is 0 Å². The van der Waals surface area contributed by atoms with Crippen LogP contribution in [0.15, 0.2) is 192 Å². The molecule has 0 amide bonds. The van der Waals surface area contributed by atoms with Crippen LogP contribution in [-0.2, 0) is 4.57 Å². The Morgan fingerprint density at radius 3 is 1.11 bits per heavy atom. The van der Waals surface area contributed by atoms with Gasteiger partial charge in [0.05, 0.1) is 0 Å². The standard InChI is InChI=1S/C37H31OP3S2Se2/c38-41(31-19-7-1-8-20-31,32-21-9-2-10-22-32)37(39(42-33-23-11-3-12-24-33)43-34-25-13-4-14-26-34)40(44-35-27-15-5-16-28-35)45-36-29-17-6-18-30-36/h1-30,37H/p+2. The molecule has 0 fully saturated rings. The molecular formula is C37H33OP3S2Se2+2. The molecule has 1 unspecified atom stereocenters. The van der Waals surface area contributed by atoms with Crippen LogP contribution in [-0.4, -0.2) is 34.2 Å². The minimum absolute atomic E-state index is 0.0631. The predicted octanol–water partition coefficient (Wildman–Crippen LogP) is 9.02. The average Bonchev–Trinajstić information content (AvgIpc) is 3.11. The number of benzene rings is 6. The van der Waals surface area contributed by atoms with Crippen molar-refractivity contribution >= 4 is 90.1 Å². The molecule has 0 aromatic heterocycles. The first kappa shape index (κ1) is 33.1. The molecule has 6 rings (SSSR count). The van der Waals surface area contributed by atoms with Crippen molar-refractivity contribution in [3.05, 3.63) is 182 Å². The fourth-order valence-corrected chi connectivity index (χ4v) is 60.3. The van der Waals surface area contributed by atoms with Crippen LogP contribution in [0.3, 0.4) is 0 Å². The molecule has 1 nitrogen and oxygen atoms in total. The van der Waals surface area contributed by atoms with E-state index in [-0.39, 0.29) is 34.2 Å². The van der Waals surface area contributed by atoms with E-state index < -0.39 is 18.8 Å². The molecule has 0 aliphatic heterocycles. The maximum absolute atomic E-state index is 16.6. The second-order valence-electron chi connectivity index (χ2n) is 10.0. The van der Waals surface area contributed by atoms with E-state index in [0.717, 1.165) is 10.6 Å². The Bertz CT molecular complexity index is 1570. The normalized spacial score (nSPS) is 12.3. The van der Waals surface area contributed by atoms with Gasteiger partial charge in [-0.1, -0.05) is 0 Å². The van der Waals surface area contributed by atoms with E-state index in [1.165, 1.54) is 18.7 Å². The second kappa shape index (κ2) is 16.8. The molecule has 0 aliphatic carbocycles. The predicted molar refractivity (Wildman–Crippen MR) is 208 cm³/mol. The topological polar surface area (TPSA) is 17.1 Å². The van der Waals surface area contributed by atoms with Crippen molar-refractivity contribution < 1.29 is 4.57 Å². The van der Waals surface area contributed by atoms with Crippen LogP contribution in [0.4, 0.5) is 0 Å². The molecule has 45 heavy (non-hydrogen) atoms.